The van der Waals surface area contributed by atoms with Crippen LogP contribution in [0.1, 0.15) is 17.3 Å². The van der Waals surface area contributed by atoms with E-state index in [0.717, 1.165) is 17.0 Å². The normalized spacial score (nSPS) is 18.2. The standard InChI is InChI=1S/C16H19N3O3/c1-21-15-5-3-2-4-12(15)10-16(20)19-8-9-22-11-14(19)13-6-7-17-18-13/h2-7,14H,8-11H2,1H3,(H,17,18)/t14-/m0/s1. The summed E-state index contributed by atoms with van der Waals surface area (Å²) in [5.41, 5.74) is 1.79. The van der Waals surface area contributed by atoms with Crippen LogP contribution in [0.5, 0.6) is 5.75 Å². The summed E-state index contributed by atoms with van der Waals surface area (Å²) in [6, 6.07) is 9.36. The van der Waals surface area contributed by atoms with Gasteiger partial charge in [-0.15, -0.1) is 0 Å². The monoisotopic (exact) mass is 301 g/mol. The van der Waals surface area contributed by atoms with E-state index in [1.807, 2.05) is 35.2 Å². The molecule has 1 aromatic heterocycles. The van der Waals surface area contributed by atoms with Gasteiger partial charge in [-0.3, -0.25) is 9.89 Å². The van der Waals surface area contributed by atoms with Crippen molar-refractivity contribution in [3.8, 4) is 5.75 Å². The van der Waals surface area contributed by atoms with Gasteiger partial charge in [-0.2, -0.15) is 5.10 Å². The number of H-pyrrole nitrogens is 1. The third-order valence-corrected chi connectivity index (χ3v) is 3.86. The van der Waals surface area contributed by atoms with Crippen LogP contribution >= 0.6 is 0 Å². The fourth-order valence-electron chi connectivity index (χ4n) is 2.73. The largest absolute Gasteiger partial charge is 0.496 e. The number of rotatable bonds is 4. The van der Waals surface area contributed by atoms with E-state index in [1.165, 1.54) is 0 Å². The fraction of sp³-hybridized carbons (Fsp3) is 0.375. The van der Waals surface area contributed by atoms with Gasteiger partial charge in [0.25, 0.3) is 0 Å². The highest BCUT2D eigenvalue weighted by atomic mass is 16.5. The van der Waals surface area contributed by atoms with Crippen LogP contribution in [0.15, 0.2) is 36.5 Å². The minimum atomic E-state index is -0.113. The zero-order valence-corrected chi connectivity index (χ0v) is 12.5. The Hall–Kier alpha value is -2.34. The third kappa shape index (κ3) is 2.96. The first kappa shape index (κ1) is 14.6. The van der Waals surface area contributed by atoms with Gasteiger partial charge in [-0.1, -0.05) is 18.2 Å². The molecule has 1 aromatic carbocycles. The Labute approximate surface area is 129 Å². The van der Waals surface area contributed by atoms with Crippen LogP contribution in [-0.2, 0) is 16.0 Å². The third-order valence-electron chi connectivity index (χ3n) is 3.86. The molecule has 3 rings (SSSR count). The lowest BCUT2D eigenvalue weighted by Gasteiger charge is -2.35. The smallest absolute Gasteiger partial charge is 0.227 e. The van der Waals surface area contributed by atoms with Gasteiger partial charge >= 0.3 is 0 Å². The predicted molar refractivity (Wildman–Crippen MR) is 80.6 cm³/mol. The zero-order chi connectivity index (χ0) is 15.4. The number of aromatic nitrogens is 2. The maximum absolute atomic E-state index is 12.7. The first-order chi connectivity index (χ1) is 10.8. The van der Waals surface area contributed by atoms with E-state index in [-0.39, 0.29) is 11.9 Å². The van der Waals surface area contributed by atoms with Crippen molar-refractivity contribution >= 4 is 5.91 Å². The van der Waals surface area contributed by atoms with Gasteiger partial charge in [0.05, 0.1) is 38.5 Å². The van der Waals surface area contributed by atoms with E-state index in [9.17, 15) is 4.79 Å². The molecular formula is C16H19N3O3. The van der Waals surface area contributed by atoms with Crippen molar-refractivity contribution in [2.24, 2.45) is 0 Å². The molecule has 0 saturated carbocycles. The molecule has 0 bridgehead atoms. The van der Waals surface area contributed by atoms with Crippen LogP contribution in [-0.4, -0.2) is 47.9 Å². The van der Waals surface area contributed by atoms with Gasteiger partial charge < -0.3 is 14.4 Å². The van der Waals surface area contributed by atoms with Crippen molar-refractivity contribution in [3.63, 3.8) is 0 Å². The minimum Gasteiger partial charge on any atom is -0.496 e. The van der Waals surface area contributed by atoms with Gasteiger partial charge in [0.2, 0.25) is 5.91 Å². The van der Waals surface area contributed by atoms with Gasteiger partial charge in [0.1, 0.15) is 5.75 Å². The quantitative estimate of drug-likeness (QED) is 0.930. The second-order valence-corrected chi connectivity index (χ2v) is 5.18. The Morgan fingerprint density at radius 3 is 3.09 bits per heavy atom. The summed E-state index contributed by atoms with van der Waals surface area (Å²) in [6.07, 6.45) is 2.00. The number of carbonyl (C=O) groups is 1. The highest BCUT2D eigenvalue weighted by Crippen LogP contribution is 2.25. The van der Waals surface area contributed by atoms with E-state index < -0.39 is 0 Å². The summed E-state index contributed by atoms with van der Waals surface area (Å²) in [6.45, 7) is 1.62. The summed E-state index contributed by atoms with van der Waals surface area (Å²) < 4.78 is 10.8. The summed E-state index contributed by atoms with van der Waals surface area (Å²) in [7, 11) is 1.62. The molecule has 0 spiro atoms. The van der Waals surface area contributed by atoms with Crippen LogP contribution in [0.4, 0.5) is 0 Å². The Balaban J connectivity index is 1.77. The van der Waals surface area contributed by atoms with E-state index >= 15 is 0 Å². The minimum absolute atomic E-state index is 0.0624. The van der Waals surface area contributed by atoms with Crippen LogP contribution in [0.3, 0.4) is 0 Å². The van der Waals surface area contributed by atoms with Gasteiger partial charge in [-0.05, 0) is 12.1 Å². The van der Waals surface area contributed by atoms with Gasteiger partial charge in [0.15, 0.2) is 0 Å². The highest BCUT2D eigenvalue weighted by Gasteiger charge is 2.29. The average molecular weight is 301 g/mol. The van der Waals surface area contributed by atoms with E-state index in [0.29, 0.717) is 26.2 Å². The number of nitrogens with one attached hydrogen (secondary N) is 1. The molecule has 1 aliphatic heterocycles. The number of hydrogen-bond donors (Lipinski definition) is 1. The summed E-state index contributed by atoms with van der Waals surface area (Å²) in [5, 5.41) is 6.89. The molecule has 1 aliphatic rings. The molecule has 6 heteroatoms. The fourth-order valence-corrected chi connectivity index (χ4v) is 2.73. The van der Waals surface area contributed by atoms with Crippen LogP contribution in [0.2, 0.25) is 0 Å². The van der Waals surface area contributed by atoms with E-state index in [4.69, 9.17) is 9.47 Å². The molecule has 22 heavy (non-hydrogen) atoms. The molecular weight excluding hydrogens is 282 g/mol. The lowest BCUT2D eigenvalue weighted by molar-refractivity contribution is -0.139. The highest BCUT2D eigenvalue weighted by molar-refractivity contribution is 5.80. The number of para-hydroxylation sites is 1. The first-order valence-corrected chi connectivity index (χ1v) is 7.28. The van der Waals surface area contributed by atoms with Crippen LogP contribution < -0.4 is 4.74 Å². The lowest BCUT2D eigenvalue weighted by Crippen LogP contribution is -2.44. The topological polar surface area (TPSA) is 67.4 Å². The molecule has 0 radical (unpaired) electrons. The lowest BCUT2D eigenvalue weighted by atomic mass is 10.1. The molecule has 2 aromatic rings. The molecule has 1 amide bonds. The maximum Gasteiger partial charge on any atom is 0.227 e. The number of carbonyl (C=O) groups excluding carboxylic acids is 1. The maximum atomic E-state index is 12.7. The number of hydrogen-bond acceptors (Lipinski definition) is 4. The van der Waals surface area contributed by atoms with E-state index in [1.54, 1.807) is 13.3 Å². The summed E-state index contributed by atoms with van der Waals surface area (Å²) in [4.78, 5) is 14.6. The number of benzene rings is 1. The predicted octanol–water partition coefficient (Wildman–Crippen LogP) is 1.56. The van der Waals surface area contributed by atoms with Crippen LogP contribution in [0, 0.1) is 0 Å². The Bertz CT molecular complexity index is 627. The number of aromatic amines is 1. The number of nitrogens with zero attached hydrogens (tertiary/aromatic N) is 2. The van der Waals surface area contributed by atoms with Crippen molar-refractivity contribution in [1.82, 2.24) is 15.1 Å². The molecule has 116 valence electrons. The Morgan fingerprint density at radius 2 is 2.32 bits per heavy atom. The van der Waals surface area contributed by atoms with Crippen molar-refractivity contribution in [2.45, 2.75) is 12.5 Å². The Morgan fingerprint density at radius 1 is 1.45 bits per heavy atom. The molecule has 1 N–H and O–H groups in total. The molecule has 1 saturated heterocycles. The van der Waals surface area contributed by atoms with Crippen molar-refractivity contribution in [2.75, 3.05) is 26.9 Å². The van der Waals surface area contributed by atoms with E-state index in [2.05, 4.69) is 10.2 Å². The summed E-state index contributed by atoms with van der Waals surface area (Å²) >= 11 is 0. The van der Waals surface area contributed by atoms with Crippen LogP contribution in [0.25, 0.3) is 0 Å². The molecule has 1 fully saturated rings. The number of amides is 1. The molecule has 0 aliphatic carbocycles. The molecule has 1 atom stereocenters. The SMILES string of the molecule is COc1ccccc1CC(=O)N1CCOC[C@H]1c1ccn[nH]1. The van der Waals surface area contributed by atoms with Crippen molar-refractivity contribution in [3.05, 3.63) is 47.8 Å². The second kappa shape index (κ2) is 6.62. The number of methoxy groups -OCH3 is 1. The van der Waals surface area contributed by atoms with Crippen molar-refractivity contribution < 1.29 is 14.3 Å². The zero-order valence-electron chi connectivity index (χ0n) is 12.5. The average Bonchev–Trinajstić information content (AvgIpc) is 3.09. The summed E-state index contributed by atoms with van der Waals surface area (Å²) in [5.74, 6) is 0.801. The molecule has 2 heterocycles. The van der Waals surface area contributed by atoms with Gasteiger partial charge in [-0.25, -0.2) is 0 Å². The van der Waals surface area contributed by atoms with Gasteiger partial charge in [0, 0.05) is 18.3 Å². The first-order valence-electron chi connectivity index (χ1n) is 7.28. The van der Waals surface area contributed by atoms with Crippen molar-refractivity contribution in [1.29, 1.82) is 0 Å². The molecule has 0 unspecified atom stereocenters. The Kier molecular flexibility index (Phi) is 4.39. The molecule has 6 nitrogen and oxygen atoms in total. The number of morpholine rings is 1. The number of ether oxygens (including phenoxy) is 2. The second-order valence-electron chi connectivity index (χ2n) is 5.18.